The van der Waals surface area contributed by atoms with Gasteiger partial charge in [-0.25, -0.2) is 0 Å². The Bertz CT molecular complexity index is 1350. The van der Waals surface area contributed by atoms with E-state index in [4.69, 9.17) is 20.4 Å². The third-order valence-electron chi connectivity index (χ3n) is 5.47. The van der Waals surface area contributed by atoms with Crippen molar-refractivity contribution in [2.75, 3.05) is 0 Å². The zero-order valence-electron chi connectivity index (χ0n) is 16.4. The van der Waals surface area contributed by atoms with Gasteiger partial charge in [-0.1, -0.05) is 29.8 Å². The Morgan fingerprint density at radius 3 is 2.63 bits per heavy atom. The van der Waals surface area contributed by atoms with Crippen molar-refractivity contribution in [3.63, 3.8) is 0 Å². The normalized spacial score (nSPS) is 15.8. The molecule has 3 heterocycles. The minimum atomic E-state index is -0.613. The van der Waals surface area contributed by atoms with E-state index in [1.807, 2.05) is 38.1 Å². The minimum absolute atomic E-state index is 0.0796. The molecular formula is C24H18ClNO4. The van der Waals surface area contributed by atoms with Crippen LogP contribution >= 0.6 is 11.6 Å². The number of carbonyl (C=O) groups excluding carboxylic acids is 1. The molecule has 2 aromatic carbocycles. The molecule has 1 aliphatic heterocycles. The number of furan rings is 1. The van der Waals surface area contributed by atoms with E-state index in [2.05, 4.69) is 0 Å². The maximum atomic E-state index is 13.6. The number of hydrogen-bond donors (Lipinski definition) is 0. The lowest BCUT2D eigenvalue weighted by Crippen LogP contribution is -2.29. The Morgan fingerprint density at radius 2 is 1.90 bits per heavy atom. The summed E-state index contributed by atoms with van der Waals surface area (Å²) < 4.78 is 11.5. The number of carbonyl (C=O) groups is 1. The molecule has 1 atom stereocenters. The smallest absolute Gasteiger partial charge is 0.291 e. The number of aryl methyl sites for hydroxylation is 2. The number of halogens is 1. The van der Waals surface area contributed by atoms with E-state index in [0.29, 0.717) is 27.3 Å². The highest BCUT2D eigenvalue weighted by Gasteiger charge is 2.43. The van der Waals surface area contributed by atoms with Crippen molar-refractivity contribution in [2.45, 2.75) is 26.4 Å². The number of nitrogens with zero attached hydrogens (tertiary/aromatic N) is 1. The average Bonchev–Trinajstić information content (AvgIpc) is 3.31. The quantitative estimate of drug-likeness (QED) is 0.446. The lowest BCUT2D eigenvalue weighted by molar-refractivity contribution is 0.0701. The van der Waals surface area contributed by atoms with Gasteiger partial charge in [0.2, 0.25) is 5.76 Å². The van der Waals surface area contributed by atoms with Crippen LogP contribution in [0.15, 0.2) is 68.4 Å². The first-order valence-corrected chi connectivity index (χ1v) is 9.98. The minimum Gasteiger partial charge on any atom is -0.467 e. The summed E-state index contributed by atoms with van der Waals surface area (Å²) in [4.78, 5) is 28.6. The second-order valence-electron chi connectivity index (χ2n) is 7.60. The van der Waals surface area contributed by atoms with Crippen molar-refractivity contribution in [3.05, 3.63) is 104 Å². The van der Waals surface area contributed by atoms with Gasteiger partial charge in [0.25, 0.3) is 5.91 Å². The highest BCUT2D eigenvalue weighted by Crippen LogP contribution is 2.40. The van der Waals surface area contributed by atoms with E-state index in [9.17, 15) is 9.59 Å². The molecule has 1 amide bonds. The molecule has 0 saturated heterocycles. The zero-order valence-corrected chi connectivity index (χ0v) is 17.2. The Hall–Kier alpha value is -3.31. The lowest BCUT2D eigenvalue weighted by atomic mass is 9.97. The van der Waals surface area contributed by atoms with Crippen LogP contribution in [0.5, 0.6) is 0 Å². The molecule has 1 unspecified atom stereocenters. The molecule has 0 saturated carbocycles. The third-order valence-corrected chi connectivity index (χ3v) is 5.70. The molecule has 30 heavy (non-hydrogen) atoms. The van der Waals surface area contributed by atoms with Crippen molar-refractivity contribution < 1.29 is 13.6 Å². The molecule has 5 nitrogen and oxygen atoms in total. The molecule has 4 aromatic rings. The topological polar surface area (TPSA) is 63.7 Å². The van der Waals surface area contributed by atoms with Crippen LogP contribution in [0.25, 0.3) is 11.0 Å². The van der Waals surface area contributed by atoms with E-state index in [1.165, 1.54) is 0 Å². The molecule has 2 aromatic heterocycles. The molecule has 6 heteroatoms. The molecule has 150 valence electrons. The lowest BCUT2D eigenvalue weighted by Gasteiger charge is -2.24. The highest BCUT2D eigenvalue weighted by molar-refractivity contribution is 6.30. The molecule has 0 bridgehead atoms. The number of benzene rings is 2. The van der Waals surface area contributed by atoms with Gasteiger partial charge in [0.15, 0.2) is 5.43 Å². The van der Waals surface area contributed by atoms with Crippen LogP contribution in [0.2, 0.25) is 5.02 Å². The third kappa shape index (κ3) is 2.85. The SMILES string of the molecule is Cc1cc(C)c2oc3c(c(=O)c2c1)C(c1cccc(Cl)c1)N(Cc1ccco1)C3=O. The summed E-state index contributed by atoms with van der Waals surface area (Å²) in [5.74, 6) is 0.355. The van der Waals surface area contributed by atoms with Crippen LogP contribution in [-0.2, 0) is 6.54 Å². The summed E-state index contributed by atoms with van der Waals surface area (Å²) in [5.41, 5.74) is 3.12. The summed E-state index contributed by atoms with van der Waals surface area (Å²) in [5, 5.41) is 1.01. The second-order valence-corrected chi connectivity index (χ2v) is 8.04. The number of amides is 1. The Morgan fingerprint density at radius 1 is 1.07 bits per heavy atom. The molecule has 0 radical (unpaired) electrons. The molecule has 0 fully saturated rings. The zero-order chi connectivity index (χ0) is 21.0. The Labute approximate surface area is 177 Å². The van der Waals surface area contributed by atoms with Gasteiger partial charge in [0.1, 0.15) is 11.3 Å². The van der Waals surface area contributed by atoms with Crippen LogP contribution < -0.4 is 5.43 Å². The monoisotopic (exact) mass is 419 g/mol. The predicted molar refractivity (Wildman–Crippen MR) is 114 cm³/mol. The summed E-state index contributed by atoms with van der Waals surface area (Å²) in [6, 6.07) is 13.9. The van der Waals surface area contributed by atoms with Gasteiger partial charge in [0, 0.05) is 5.02 Å². The largest absolute Gasteiger partial charge is 0.467 e. The molecule has 1 aliphatic rings. The van der Waals surface area contributed by atoms with Gasteiger partial charge in [-0.15, -0.1) is 0 Å². The predicted octanol–water partition coefficient (Wildman–Crippen LogP) is 5.40. The highest BCUT2D eigenvalue weighted by atomic mass is 35.5. The Balaban J connectivity index is 1.79. The van der Waals surface area contributed by atoms with Gasteiger partial charge >= 0.3 is 0 Å². The number of rotatable bonds is 3. The van der Waals surface area contributed by atoms with Gasteiger partial charge in [0.05, 0.1) is 29.8 Å². The van der Waals surface area contributed by atoms with E-state index in [1.54, 1.807) is 35.4 Å². The van der Waals surface area contributed by atoms with Gasteiger partial charge < -0.3 is 13.7 Å². The second kappa shape index (κ2) is 6.89. The van der Waals surface area contributed by atoms with Crippen molar-refractivity contribution in [2.24, 2.45) is 0 Å². The van der Waals surface area contributed by atoms with Gasteiger partial charge in [-0.05, 0) is 60.9 Å². The van der Waals surface area contributed by atoms with E-state index >= 15 is 0 Å². The fourth-order valence-electron chi connectivity index (χ4n) is 4.23. The molecule has 5 rings (SSSR count). The van der Waals surface area contributed by atoms with Gasteiger partial charge in [-0.2, -0.15) is 0 Å². The summed E-state index contributed by atoms with van der Waals surface area (Å²) >= 11 is 6.23. The van der Waals surface area contributed by atoms with Crippen LogP contribution in [0.3, 0.4) is 0 Å². The Kier molecular flexibility index (Phi) is 4.29. The van der Waals surface area contributed by atoms with Gasteiger partial charge in [-0.3, -0.25) is 9.59 Å². The standard InChI is InChI=1S/C24H18ClNO4/c1-13-9-14(2)22-18(10-13)21(27)19-20(15-5-3-6-16(25)11-15)26(24(28)23(19)30-22)12-17-7-4-8-29-17/h3-11,20H,12H2,1-2H3. The fourth-order valence-corrected chi connectivity index (χ4v) is 4.43. The fraction of sp³-hybridized carbons (Fsp3) is 0.167. The summed E-state index contributed by atoms with van der Waals surface area (Å²) in [7, 11) is 0. The van der Waals surface area contributed by atoms with Crippen LogP contribution in [-0.4, -0.2) is 10.8 Å². The summed E-state index contributed by atoms with van der Waals surface area (Å²) in [6.45, 7) is 4.02. The van der Waals surface area contributed by atoms with Crippen LogP contribution in [0, 0.1) is 13.8 Å². The van der Waals surface area contributed by atoms with Crippen molar-refractivity contribution in [1.82, 2.24) is 4.90 Å². The first-order valence-electron chi connectivity index (χ1n) is 9.61. The van der Waals surface area contributed by atoms with Crippen molar-refractivity contribution in [1.29, 1.82) is 0 Å². The van der Waals surface area contributed by atoms with Crippen LogP contribution in [0.4, 0.5) is 0 Å². The van der Waals surface area contributed by atoms with E-state index in [-0.39, 0.29) is 23.6 Å². The first kappa shape index (κ1) is 18.7. The molecular weight excluding hydrogens is 402 g/mol. The summed E-state index contributed by atoms with van der Waals surface area (Å²) in [6.07, 6.45) is 1.56. The first-order chi connectivity index (χ1) is 14.4. The van der Waals surface area contributed by atoms with E-state index in [0.717, 1.165) is 16.7 Å². The van der Waals surface area contributed by atoms with Crippen molar-refractivity contribution >= 4 is 28.5 Å². The number of hydrogen-bond acceptors (Lipinski definition) is 4. The average molecular weight is 420 g/mol. The maximum Gasteiger partial charge on any atom is 0.291 e. The molecule has 0 spiro atoms. The van der Waals surface area contributed by atoms with E-state index < -0.39 is 6.04 Å². The van der Waals surface area contributed by atoms with Crippen LogP contribution in [0.1, 0.15) is 44.6 Å². The number of fused-ring (bicyclic) bond motifs is 2. The maximum absolute atomic E-state index is 13.6. The molecule has 0 N–H and O–H groups in total. The molecule has 0 aliphatic carbocycles. The van der Waals surface area contributed by atoms with Crippen molar-refractivity contribution in [3.8, 4) is 0 Å².